The van der Waals surface area contributed by atoms with Crippen molar-refractivity contribution >= 4 is 32.6 Å². The largest absolute Gasteiger partial charge is 0.281 e. The Morgan fingerprint density at radius 3 is 2.65 bits per heavy atom. The van der Waals surface area contributed by atoms with Gasteiger partial charge in [-0.2, -0.15) is 10.4 Å². The molecule has 0 atom stereocenters. The van der Waals surface area contributed by atoms with E-state index in [0.29, 0.717) is 32.5 Å². The third-order valence-corrected chi connectivity index (χ3v) is 3.95. The molecule has 3 heterocycles. The molecule has 1 aromatic carbocycles. The van der Waals surface area contributed by atoms with Crippen molar-refractivity contribution in [2.24, 2.45) is 0 Å². The van der Waals surface area contributed by atoms with Crippen LogP contribution in [0.2, 0.25) is 0 Å². The fourth-order valence-corrected chi connectivity index (χ4v) is 2.93. The van der Waals surface area contributed by atoms with Crippen LogP contribution in [0.5, 0.6) is 0 Å². The normalized spacial score (nSPS) is 11.0. The van der Waals surface area contributed by atoms with Gasteiger partial charge in [-0.25, -0.2) is 9.50 Å². The molecule has 0 amide bonds. The molecule has 0 aliphatic heterocycles. The van der Waals surface area contributed by atoms with Gasteiger partial charge in [-0.1, -0.05) is 0 Å². The van der Waals surface area contributed by atoms with Crippen LogP contribution in [-0.2, 0) is 0 Å². The molecule has 3 aromatic heterocycles. The Morgan fingerprint density at radius 1 is 1.13 bits per heavy atom. The van der Waals surface area contributed by atoms with Gasteiger partial charge in [0.15, 0.2) is 5.65 Å². The summed E-state index contributed by atoms with van der Waals surface area (Å²) in [6.45, 7) is 0. The fourth-order valence-electron chi connectivity index (χ4n) is 2.56. The Bertz CT molecular complexity index is 1150. The Kier molecular flexibility index (Phi) is 2.99. The van der Waals surface area contributed by atoms with Crippen LogP contribution in [0.4, 0.5) is 0 Å². The van der Waals surface area contributed by atoms with E-state index in [1.807, 2.05) is 6.07 Å². The summed E-state index contributed by atoms with van der Waals surface area (Å²) in [6.07, 6.45) is 1.66. The standard InChI is InChI=1S/C16H8BrN5O/c17-14-8-13-16(23)21(11-5-3-10(9-18)4-6-11)12-2-1-7-19-15(12)22(13)20-14/h1-8H. The van der Waals surface area contributed by atoms with Gasteiger partial charge in [-0.05, 0) is 52.3 Å². The highest BCUT2D eigenvalue weighted by atomic mass is 79.9. The van der Waals surface area contributed by atoms with E-state index >= 15 is 0 Å². The van der Waals surface area contributed by atoms with Crippen molar-refractivity contribution in [2.45, 2.75) is 0 Å². The summed E-state index contributed by atoms with van der Waals surface area (Å²) >= 11 is 3.30. The van der Waals surface area contributed by atoms with Crippen molar-refractivity contribution in [3.63, 3.8) is 0 Å². The number of aromatic nitrogens is 4. The van der Waals surface area contributed by atoms with Crippen molar-refractivity contribution < 1.29 is 0 Å². The van der Waals surface area contributed by atoms with E-state index in [9.17, 15) is 4.79 Å². The molecule has 0 spiro atoms. The molecule has 0 N–H and O–H groups in total. The summed E-state index contributed by atoms with van der Waals surface area (Å²) < 4.78 is 3.67. The molecule has 7 heteroatoms. The molecule has 6 nitrogen and oxygen atoms in total. The zero-order valence-electron chi connectivity index (χ0n) is 11.6. The van der Waals surface area contributed by atoms with E-state index in [-0.39, 0.29) is 5.56 Å². The number of benzene rings is 1. The summed E-state index contributed by atoms with van der Waals surface area (Å²) in [6, 6.07) is 14.2. The molecule has 0 fully saturated rings. The van der Waals surface area contributed by atoms with Gasteiger partial charge in [0.05, 0.1) is 17.1 Å². The predicted molar refractivity (Wildman–Crippen MR) is 88.5 cm³/mol. The average molecular weight is 366 g/mol. The number of nitriles is 1. The second-order valence-corrected chi connectivity index (χ2v) is 5.72. The van der Waals surface area contributed by atoms with Crippen molar-refractivity contribution in [3.8, 4) is 11.8 Å². The molecule has 0 unspecified atom stereocenters. The maximum atomic E-state index is 12.9. The third kappa shape index (κ3) is 2.04. The SMILES string of the molecule is N#Cc1ccc(-n2c(=O)c3cc(Br)nn3c3ncccc32)cc1. The first kappa shape index (κ1) is 13.7. The molecule has 4 aromatic rings. The lowest BCUT2D eigenvalue weighted by atomic mass is 10.2. The van der Waals surface area contributed by atoms with Gasteiger partial charge in [-0.15, -0.1) is 0 Å². The van der Waals surface area contributed by atoms with Crippen LogP contribution in [0.3, 0.4) is 0 Å². The number of hydrogen-bond acceptors (Lipinski definition) is 4. The molecule has 0 radical (unpaired) electrons. The van der Waals surface area contributed by atoms with Gasteiger partial charge in [0, 0.05) is 18.0 Å². The van der Waals surface area contributed by atoms with E-state index < -0.39 is 0 Å². The topological polar surface area (TPSA) is 76.0 Å². The molecular formula is C16H8BrN5O. The van der Waals surface area contributed by atoms with E-state index in [1.54, 1.807) is 47.2 Å². The molecule has 0 aliphatic rings. The second kappa shape index (κ2) is 5.04. The van der Waals surface area contributed by atoms with E-state index in [4.69, 9.17) is 5.26 Å². The zero-order chi connectivity index (χ0) is 16.0. The van der Waals surface area contributed by atoms with Crippen LogP contribution in [0.15, 0.2) is 58.1 Å². The Hall–Kier alpha value is -2.98. The van der Waals surface area contributed by atoms with Crippen molar-refractivity contribution in [1.29, 1.82) is 5.26 Å². The number of nitrogens with zero attached hydrogens (tertiary/aromatic N) is 5. The number of rotatable bonds is 1. The molecule has 0 saturated heterocycles. The maximum absolute atomic E-state index is 12.9. The van der Waals surface area contributed by atoms with Crippen molar-refractivity contribution in [2.75, 3.05) is 0 Å². The Labute approximate surface area is 138 Å². The van der Waals surface area contributed by atoms with Gasteiger partial charge >= 0.3 is 0 Å². The molecule has 0 bridgehead atoms. The van der Waals surface area contributed by atoms with Crippen LogP contribution in [0.25, 0.3) is 22.4 Å². The lowest BCUT2D eigenvalue weighted by Gasteiger charge is -2.11. The zero-order valence-corrected chi connectivity index (χ0v) is 13.2. The minimum atomic E-state index is -0.201. The minimum absolute atomic E-state index is 0.201. The van der Waals surface area contributed by atoms with Crippen LogP contribution in [0.1, 0.15) is 5.56 Å². The van der Waals surface area contributed by atoms with E-state index in [0.717, 1.165) is 0 Å². The molecule has 0 aliphatic carbocycles. The monoisotopic (exact) mass is 365 g/mol. The van der Waals surface area contributed by atoms with Crippen molar-refractivity contribution in [3.05, 3.63) is 69.2 Å². The smallest absolute Gasteiger partial charge is 0.272 e. The van der Waals surface area contributed by atoms with Crippen LogP contribution >= 0.6 is 15.9 Å². The maximum Gasteiger partial charge on any atom is 0.281 e. The summed E-state index contributed by atoms with van der Waals surface area (Å²) in [5.41, 5.74) is 2.66. The highest BCUT2D eigenvalue weighted by Gasteiger charge is 2.14. The average Bonchev–Trinajstić information content (AvgIpc) is 2.98. The number of hydrogen-bond donors (Lipinski definition) is 0. The molecule has 110 valence electrons. The van der Waals surface area contributed by atoms with Gasteiger partial charge in [0.2, 0.25) is 0 Å². The van der Waals surface area contributed by atoms with Gasteiger partial charge in [0.25, 0.3) is 5.56 Å². The summed E-state index contributed by atoms with van der Waals surface area (Å²) in [5.74, 6) is 0. The number of pyridine rings is 1. The quantitative estimate of drug-likeness (QED) is 0.519. The lowest BCUT2D eigenvalue weighted by molar-refractivity contribution is 0.924. The van der Waals surface area contributed by atoms with Crippen LogP contribution in [0, 0.1) is 11.3 Å². The van der Waals surface area contributed by atoms with E-state index in [2.05, 4.69) is 32.1 Å². The van der Waals surface area contributed by atoms with E-state index in [1.165, 1.54) is 4.52 Å². The first-order chi connectivity index (χ1) is 11.2. The predicted octanol–water partition coefficient (Wildman–Crippen LogP) is 2.67. The number of halogens is 1. The fraction of sp³-hybridized carbons (Fsp3) is 0. The third-order valence-electron chi connectivity index (χ3n) is 3.56. The first-order valence-corrected chi connectivity index (χ1v) is 7.54. The van der Waals surface area contributed by atoms with Gasteiger partial charge in [-0.3, -0.25) is 9.36 Å². The van der Waals surface area contributed by atoms with Gasteiger partial charge in [0.1, 0.15) is 10.1 Å². The van der Waals surface area contributed by atoms with Crippen LogP contribution < -0.4 is 5.56 Å². The highest BCUT2D eigenvalue weighted by Crippen LogP contribution is 2.19. The molecular weight excluding hydrogens is 358 g/mol. The van der Waals surface area contributed by atoms with Gasteiger partial charge < -0.3 is 0 Å². The highest BCUT2D eigenvalue weighted by molar-refractivity contribution is 9.10. The van der Waals surface area contributed by atoms with Crippen LogP contribution in [-0.4, -0.2) is 19.2 Å². The minimum Gasteiger partial charge on any atom is -0.272 e. The molecule has 0 saturated carbocycles. The Balaban J connectivity index is 2.17. The summed E-state index contributed by atoms with van der Waals surface area (Å²) in [4.78, 5) is 17.3. The molecule has 4 rings (SSSR count). The lowest BCUT2D eigenvalue weighted by Crippen LogP contribution is -2.21. The summed E-state index contributed by atoms with van der Waals surface area (Å²) in [7, 11) is 0. The number of fused-ring (bicyclic) bond motifs is 3. The summed E-state index contributed by atoms with van der Waals surface area (Å²) in [5, 5.41) is 13.2. The second-order valence-electron chi connectivity index (χ2n) is 4.91. The first-order valence-electron chi connectivity index (χ1n) is 6.74. The Morgan fingerprint density at radius 2 is 1.91 bits per heavy atom. The molecule has 23 heavy (non-hydrogen) atoms. The van der Waals surface area contributed by atoms with Crippen molar-refractivity contribution in [1.82, 2.24) is 19.2 Å².